The molecule has 4 aromatic heterocycles. The minimum atomic E-state index is -0.164. The number of H-pyrrole nitrogens is 2. The lowest BCUT2D eigenvalue weighted by atomic mass is 10.0. The Bertz CT molecular complexity index is 1580. The molecule has 10 nitrogen and oxygen atoms in total. The fraction of sp³-hybridized carbons (Fsp3) is 0.357. The molecular formula is C28H31N9O. The molecule has 0 bridgehead atoms. The fourth-order valence-corrected chi connectivity index (χ4v) is 5.61. The van der Waals surface area contributed by atoms with Crippen LogP contribution in [0.5, 0.6) is 0 Å². The number of benzene rings is 1. The molecule has 2 saturated heterocycles. The Hall–Kier alpha value is -3.86. The highest BCUT2D eigenvalue weighted by atomic mass is 16.3. The second-order valence-corrected chi connectivity index (χ2v) is 10.3. The average molecular weight is 510 g/mol. The number of pyridine rings is 2. The number of nitrogens with one attached hydrogen (secondary N) is 3. The number of nitrogens with zero attached hydrogens (tertiary/aromatic N) is 6. The van der Waals surface area contributed by atoms with Crippen LogP contribution in [-0.4, -0.2) is 85.5 Å². The lowest BCUT2D eigenvalue weighted by Crippen LogP contribution is -2.43. The minimum absolute atomic E-state index is 0.164. The molecule has 0 radical (unpaired) electrons. The third-order valence-electron chi connectivity index (χ3n) is 7.71. The third-order valence-corrected chi connectivity index (χ3v) is 7.71. The van der Waals surface area contributed by atoms with Crippen molar-refractivity contribution < 1.29 is 5.11 Å². The summed E-state index contributed by atoms with van der Waals surface area (Å²) < 4.78 is 0. The van der Waals surface area contributed by atoms with Crippen molar-refractivity contribution in [2.75, 3.05) is 44.2 Å². The number of piperidine rings is 1. The molecule has 6 heterocycles. The van der Waals surface area contributed by atoms with E-state index in [1.807, 2.05) is 24.8 Å². The van der Waals surface area contributed by atoms with Gasteiger partial charge in [-0.3, -0.25) is 20.0 Å². The molecule has 0 amide bonds. The highest BCUT2D eigenvalue weighted by Gasteiger charge is 2.20. The van der Waals surface area contributed by atoms with Gasteiger partial charge in [0.2, 0.25) is 0 Å². The Kier molecular flexibility index (Phi) is 5.99. The second kappa shape index (κ2) is 9.79. The lowest BCUT2D eigenvalue weighted by molar-refractivity contribution is 0.0792. The number of fused-ring (bicyclic) bond motifs is 2. The highest BCUT2D eigenvalue weighted by Crippen LogP contribution is 2.32. The van der Waals surface area contributed by atoms with Gasteiger partial charge in [-0.2, -0.15) is 5.10 Å². The maximum atomic E-state index is 9.81. The van der Waals surface area contributed by atoms with Gasteiger partial charge in [-0.25, -0.2) is 4.98 Å². The van der Waals surface area contributed by atoms with Crippen LogP contribution in [0.25, 0.3) is 44.6 Å². The van der Waals surface area contributed by atoms with E-state index >= 15 is 0 Å². The van der Waals surface area contributed by atoms with Crippen LogP contribution >= 0.6 is 0 Å². The summed E-state index contributed by atoms with van der Waals surface area (Å²) in [6.45, 7) is 6.46. The SMILES string of the molecule is OC1CCN(Cc2cncc(-c3ccc4[nH]nc(-c5nc6c(N7CCNCC7)cncc6[nH]5)c4c3)c2)CC1. The van der Waals surface area contributed by atoms with E-state index in [9.17, 15) is 5.11 Å². The van der Waals surface area contributed by atoms with Crippen molar-refractivity contribution in [3.8, 4) is 22.6 Å². The van der Waals surface area contributed by atoms with Crippen LogP contribution in [0.4, 0.5) is 5.69 Å². The molecule has 4 N–H and O–H groups in total. The van der Waals surface area contributed by atoms with E-state index in [-0.39, 0.29) is 6.10 Å². The second-order valence-electron chi connectivity index (χ2n) is 10.3. The van der Waals surface area contributed by atoms with Crippen molar-refractivity contribution in [2.45, 2.75) is 25.5 Å². The van der Waals surface area contributed by atoms with E-state index in [1.54, 1.807) is 0 Å². The maximum Gasteiger partial charge on any atom is 0.159 e. The van der Waals surface area contributed by atoms with Crippen LogP contribution < -0.4 is 10.2 Å². The molecule has 194 valence electrons. The molecule has 10 heteroatoms. The van der Waals surface area contributed by atoms with Gasteiger partial charge in [-0.15, -0.1) is 0 Å². The van der Waals surface area contributed by atoms with Gasteiger partial charge in [-0.05, 0) is 42.2 Å². The monoisotopic (exact) mass is 509 g/mol. The van der Waals surface area contributed by atoms with Crippen molar-refractivity contribution in [2.24, 2.45) is 0 Å². The topological polar surface area (TPSA) is 122 Å². The molecule has 5 aromatic rings. The molecule has 2 aliphatic rings. The van der Waals surface area contributed by atoms with Gasteiger partial charge in [0.25, 0.3) is 0 Å². The van der Waals surface area contributed by atoms with E-state index in [0.717, 1.165) is 109 Å². The van der Waals surface area contributed by atoms with Crippen LogP contribution in [-0.2, 0) is 6.54 Å². The van der Waals surface area contributed by atoms with Crippen molar-refractivity contribution >= 4 is 27.6 Å². The summed E-state index contributed by atoms with van der Waals surface area (Å²) in [5.41, 5.74) is 7.97. The molecule has 0 atom stereocenters. The first kappa shape index (κ1) is 23.3. The number of aliphatic hydroxyl groups excluding tert-OH is 1. The molecule has 0 saturated carbocycles. The quantitative estimate of drug-likeness (QED) is 0.285. The molecule has 0 spiro atoms. The Labute approximate surface area is 220 Å². The van der Waals surface area contributed by atoms with Gasteiger partial charge in [0, 0.05) is 69.2 Å². The summed E-state index contributed by atoms with van der Waals surface area (Å²) in [7, 11) is 0. The molecule has 2 aliphatic heterocycles. The first-order valence-electron chi connectivity index (χ1n) is 13.3. The molecule has 7 rings (SSSR count). The van der Waals surface area contributed by atoms with Gasteiger partial charge >= 0.3 is 0 Å². The summed E-state index contributed by atoms with van der Waals surface area (Å²) in [5.74, 6) is 0.729. The van der Waals surface area contributed by atoms with Gasteiger partial charge in [0.15, 0.2) is 5.82 Å². The van der Waals surface area contributed by atoms with Gasteiger partial charge in [0.1, 0.15) is 11.2 Å². The normalized spacial score (nSPS) is 17.6. The highest BCUT2D eigenvalue weighted by molar-refractivity contribution is 5.97. The Balaban J connectivity index is 1.21. The van der Waals surface area contributed by atoms with Crippen molar-refractivity contribution in [1.29, 1.82) is 0 Å². The molecule has 2 fully saturated rings. The maximum absolute atomic E-state index is 9.81. The number of imidazole rings is 1. The Morgan fingerprint density at radius 3 is 2.61 bits per heavy atom. The first-order valence-corrected chi connectivity index (χ1v) is 13.3. The van der Waals surface area contributed by atoms with Crippen molar-refractivity contribution in [3.63, 3.8) is 0 Å². The van der Waals surface area contributed by atoms with Crippen LogP contribution in [0.2, 0.25) is 0 Å². The molecular weight excluding hydrogens is 478 g/mol. The summed E-state index contributed by atoms with van der Waals surface area (Å²) in [5, 5.41) is 22.0. The first-order chi connectivity index (χ1) is 18.7. The fourth-order valence-electron chi connectivity index (χ4n) is 5.61. The summed E-state index contributed by atoms with van der Waals surface area (Å²) in [4.78, 5) is 22.2. The smallest absolute Gasteiger partial charge is 0.159 e. The molecule has 38 heavy (non-hydrogen) atoms. The van der Waals surface area contributed by atoms with E-state index in [0.29, 0.717) is 0 Å². The Morgan fingerprint density at radius 1 is 0.895 bits per heavy atom. The summed E-state index contributed by atoms with van der Waals surface area (Å²) >= 11 is 0. The zero-order valence-corrected chi connectivity index (χ0v) is 21.2. The van der Waals surface area contributed by atoms with E-state index in [2.05, 4.69) is 64.5 Å². The van der Waals surface area contributed by atoms with E-state index in [4.69, 9.17) is 4.98 Å². The minimum Gasteiger partial charge on any atom is -0.393 e. The van der Waals surface area contributed by atoms with Crippen LogP contribution in [0, 0.1) is 0 Å². The number of hydrogen-bond donors (Lipinski definition) is 4. The predicted octanol–water partition coefficient (Wildman–Crippen LogP) is 2.93. The predicted molar refractivity (Wildman–Crippen MR) is 148 cm³/mol. The number of aromatic amines is 2. The van der Waals surface area contributed by atoms with Crippen molar-refractivity contribution in [1.82, 2.24) is 40.3 Å². The molecule has 1 aromatic carbocycles. The average Bonchev–Trinajstić information content (AvgIpc) is 3.58. The van der Waals surface area contributed by atoms with Crippen LogP contribution in [0.3, 0.4) is 0 Å². The third kappa shape index (κ3) is 4.40. The standard InChI is InChI=1S/C28H31N9O/c38-21-3-7-36(8-4-21)17-18-11-20(14-30-13-18)19-1-2-23-22(12-19)26(35-34-23)28-32-24-15-31-16-25(27(24)33-28)37-9-5-29-6-10-37/h1-2,11-16,21,29,38H,3-10,17H2,(H,32,33)(H,34,35). The summed E-state index contributed by atoms with van der Waals surface area (Å²) in [6, 6.07) is 8.55. The number of aromatic nitrogens is 6. The summed E-state index contributed by atoms with van der Waals surface area (Å²) in [6.07, 6.45) is 9.10. The van der Waals surface area contributed by atoms with Gasteiger partial charge in [-0.1, -0.05) is 6.07 Å². The van der Waals surface area contributed by atoms with Gasteiger partial charge in [0.05, 0.1) is 35.2 Å². The zero-order valence-electron chi connectivity index (χ0n) is 21.2. The van der Waals surface area contributed by atoms with E-state index in [1.165, 1.54) is 5.56 Å². The number of piperazine rings is 1. The number of hydrogen-bond acceptors (Lipinski definition) is 8. The zero-order chi connectivity index (χ0) is 25.5. The number of rotatable bonds is 5. The van der Waals surface area contributed by atoms with Gasteiger partial charge < -0.3 is 20.3 Å². The van der Waals surface area contributed by atoms with Crippen LogP contribution in [0.15, 0.2) is 49.1 Å². The number of likely N-dealkylation sites (tertiary alicyclic amines) is 1. The van der Waals surface area contributed by atoms with Crippen LogP contribution in [0.1, 0.15) is 18.4 Å². The number of anilines is 1. The largest absolute Gasteiger partial charge is 0.393 e. The van der Waals surface area contributed by atoms with Crippen molar-refractivity contribution in [3.05, 3.63) is 54.6 Å². The molecule has 0 unspecified atom stereocenters. The van der Waals surface area contributed by atoms with E-state index < -0.39 is 0 Å². The molecule has 0 aliphatic carbocycles. The lowest BCUT2D eigenvalue weighted by Gasteiger charge is -2.29. The Morgan fingerprint density at radius 2 is 1.74 bits per heavy atom. The number of aliphatic hydroxyl groups is 1.